The first-order chi connectivity index (χ1) is 12.1. The van der Waals surface area contributed by atoms with E-state index in [1.54, 1.807) is 17.9 Å². The average molecular weight is 341 g/mol. The number of nitrogens with two attached hydrogens (primary N) is 1. The van der Waals surface area contributed by atoms with Gasteiger partial charge in [-0.2, -0.15) is 0 Å². The number of furan rings is 1. The zero-order valence-corrected chi connectivity index (χ0v) is 14.3. The number of aryl methyl sites for hydroxylation is 1. The van der Waals surface area contributed by atoms with Gasteiger partial charge in [0.25, 0.3) is 5.91 Å². The summed E-state index contributed by atoms with van der Waals surface area (Å²) in [5.74, 6) is 0.414. The lowest BCUT2D eigenvalue weighted by molar-refractivity contribution is -0.133. The van der Waals surface area contributed by atoms with Gasteiger partial charge in [0, 0.05) is 19.1 Å². The van der Waals surface area contributed by atoms with E-state index < -0.39 is 6.04 Å². The molecule has 1 aliphatic rings. The van der Waals surface area contributed by atoms with Gasteiger partial charge in [-0.3, -0.25) is 9.59 Å². The van der Waals surface area contributed by atoms with Crippen molar-refractivity contribution < 1.29 is 14.0 Å². The second-order valence-corrected chi connectivity index (χ2v) is 6.35. The van der Waals surface area contributed by atoms with Crippen molar-refractivity contribution in [1.82, 2.24) is 10.2 Å². The van der Waals surface area contributed by atoms with Gasteiger partial charge in [0.05, 0.1) is 11.8 Å². The van der Waals surface area contributed by atoms with Gasteiger partial charge in [-0.05, 0) is 31.4 Å². The predicted octanol–water partition coefficient (Wildman–Crippen LogP) is 2.01. The van der Waals surface area contributed by atoms with Crippen molar-refractivity contribution in [3.63, 3.8) is 0 Å². The summed E-state index contributed by atoms with van der Waals surface area (Å²) in [6.07, 6.45) is 2.95. The van der Waals surface area contributed by atoms with E-state index in [4.69, 9.17) is 10.2 Å². The van der Waals surface area contributed by atoms with E-state index >= 15 is 0 Å². The number of nitrogens with zero attached hydrogens (tertiary/aromatic N) is 1. The monoisotopic (exact) mass is 341 g/mol. The lowest BCUT2D eigenvalue weighted by Gasteiger charge is -2.33. The topological polar surface area (TPSA) is 88.6 Å². The smallest absolute Gasteiger partial charge is 0.255 e. The number of benzene rings is 1. The van der Waals surface area contributed by atoms with Gasteiger partial charge in [0.15, 0.2) is 0 Å². The first kappa shape index (κ1) is 17.2. The van der Waals surface area contributed by atoms with E-state index in [1.165, 1.54) is 6.26 Å². The molecule has 2 heterocycles. The summed E-state index contributed by atoms with van der Waals surface area (Å²) in [4.78, 5) is 26.6. The molecule has 1 aromatic heterocycles. The van der Waals surface area contributed by atoms with Crippen LogP contribution in [0.3, 0.4) is 0 Å². The van der Waals surface area contributed by atoms with Crippen LogP contribution in [0.25, 0.3) is 0 Å². The molecule has 1 aliphatic heterocycles. The second-order valence-electron chi connectivity index (χ2n) is 6.35. The number of rotatable bonds is 4. The van der Waals surface area contributed by atoms with Gasteiger partial charge in [0.1, 0.15) is 11.8 Å². The molecular formula is C19H23N3O3. The van der Waals surface area contributed by atoms with E-state index in [2.05, 4.69) is 5.32 Å². The molecule has 2 amide bonds. The molecule has 0 radical (unpaired) electrons. The third-order valence-electron chi connectivity index (χ3n) is 4.67. The van der Waals surface area contributed by atoms with Crippen LogP contribution in [0, 0.1) is 6.92 Å². The van der Waals surface area contributed by atoms with Gasteiger partial charge in [-0.1, -0.05) is 30.3 Å². The maximum atomic E-state index is 12.6. The maximum absolute atomic E-state index is 12.6. The number of carbonyl (C=O) groups excluding carboxylic acids is 2. The summed E-state index contributed by atoms with van der Waals surface area (Å²) in [5.41, 5.74) is 7.47. The first-order valence-corrected chi connectivity index (χ1v) is 8.50. The summed E-state index contributed by atoms with van der Waals surface area (Å²) in [5, 5.41) is 3.01. The van der Waals surface area contributed by atoms with Crippen molar-refractivity contribution in [3.8, 4) is 0 Å². The van der Waals surface area contributed by atoms with Gasteiger partial charge in [-0.15, -0.1) is 0 Å². The molecule has 1 fully saturated rings. The first-order valence-electron chi connectivity index (χ1n) is 8.50. The third-order valence-corrected chi connectivity index (χ3v) is 4.67. The molecule has 1 aromatic carbocycles. The molecule has 2 aromatic rings. The summed E-state index contributed by atoms with van der Waals surface area (Å²) in [6, 6.07) is 10.5. The third kappa shape index (κ3) is 3.91. The average Bonchev–Trinajstić information content (AvgIpc) is 3.08. The fraction of sp³-hybridized carbons (Fsp3) is 0.368. The number of hydrogen-bond donors (Lipinski definition) is 2. The molecule has 0 bridgehead atoms. The fourth-order valence-corrected chi connectivity index (χ4v) is 3.13. The lowest BCUT2D eigenvalue weighted by Crippen LogP contribution is -2.48. The second kappa shape index (κ2) is 7.53. The molecular weight excluding hydrogens is 318 g/mol. The van der Waals surface area contributed by atoms with Gasteiger partial charge >= 0.3 is 0 Å². The lowest BCUT2D eigenvalue weighted by atomic mass is 10.0. The Balaban J connectivity index is 1.52. The Bertz CT molecular complexity index is 733. The van der Waals surface area contributed by atoms with Crippen molar-refractivity contribution in [2.75, 3.05) is 13.1 Å². The number of hydrogen-bond acceptors (Lipinski definition) is 4. The number of amides is 2. The standard InChI is InChI=1S/C19H23N3O3/c1-13-16(9-12-25-13)18(23)21-15-7-10-22(11-8-15)19(24)17(20)14-5-3-2-4-6-14/h2-6,9,12,15,17H,7-8,10-11,20H2,1H3,(H,21,23). The van der Waals surface area contributed by atoms with Crippen molar-refractivity contribution in [1.29, 1.82) is 0 Å². The van der Waals surface area contributed by atoms with Crippen molar-refractivity contribution in [2.24, 2.45) is 5.73 Å². The zero-order valence-electron chi connectivity index (χ0n) is 14.3. The highest BCUT2D eigenvalue weighted by molar-refractivity contribution is 5.95. The van der Waals surface area contributed by atoms with Crippen LogP contribution in [0.15, 0.2) is 47.1 Å². The number of carbonyl (C=O) groups is 2. The largest absolute Gasteiger partial charge is 0.469 e. The molecule has 0 saturated carbocycles. The number of piperidine rings is 1. The molecule has 6 nitrogen and oxygen atoms in total. The molecule has 132 valence electrons. The van der Waals surface area contributed by atoms with Crippen molar-refractivity contribution in [2.45, 2.75) is 31.8 Å². The molecule has 3 rings (SSSR count). The van der Waals surface area contributed by atoms with Crippen molar-refractivity contribution >= 4 is 11.8 Å². The highest BCUT2D eigenvalue weighted by atomic mass is 16.3. The van der Waals surface area contributed by atoms with E-state index in [9.17, 15) is 9.59 Å². The van der Waals surface area contributed by atoms with Crippen LogP contribution in [-0.4, -0.2) is 35.8 Å². The SMILES string of the molecule is Cc1occc1C(=O)NC1CCN(C(=O)C(N)c2ccccc2)CC1. The van der Waals surface area contributed by atoms with Gasteiger partial charge in [-0.25, -0.2) is 0 Å². The van der Waals surface area contributed by atoms with Crippen LogP contribution in [0.1, 0.15) is 40.6 Å². The molecule has 1 saturated heterocycles. The van der Waals surface area contributed by atoms with Crippen molar-refractivity contribution in [3.05, 3.63) is 59.5 Å². The van der Waals surface area contributed by atoms with E-state index in [0.29, 0.717) is 24.4 Å². The van der Waals surface area contributed by atoms with Crippen LogP contribution in [0.4, 0.5) is 0 Å². The summed E-state index contributed by atoms with van der Waals surface area (Å²) >= 11 is 0. The van der Waals surface area contributed by atoms with E-state index in [0.717, 1.165) is 18.4 Å². The van der Waals surface area contributed by atoms with Crippen LogP contribution in [-0.2, 0) is 4.79 Å². The normalized spacial score (nSPS) is 16.5. The molecule has 1 atom stereocenters. The Morgan fingerprint density at radius 2 is 1.88 bits per heavy atom. The number of likely N-dealkylation sites (tertiary alicyclic amines) is 1. The fourth-order valence-electron chi connectivity index (χ4n) is 3.13. The minimum Gasteiger partial charge on any atom is -0.469 e. The number of nitrogens with one attached hydrogen (secondary N) is 1. The zero-order chi connectivity index (χ0) is 17.8. The maximum Gasteiger partial charge on any atom is 0.255 e. The molecule has 25 heavy (non-hydrogen) atoms. The Morgan fingerprint density at radius 1 is 1.20 bits per heavy atom. The Labute approximate surface area is 147 Å². The molecule has 1 unspecified atom stereocenters. The minimum atomic E-state index is -0.638. The quantitative estimate of drug-likeness (QED) is 0.890. The minimum absolute atomic E-state index is 0.0544. The van der Waals surface area contributed by atoms with Crippen LogP contribution in [0.2, 0.25) is 0 Å². The van der Waals surface area contributed by atoms with Crippen LogP contribution < -0.4 is 11.1 Å². The van der Waals surface area contributed by atoms with Gasteiger partial charge < -0.3 is 20.4 Å². The van der Waals surface area contributed by atoms with E-state index in [-0.39, 0.29) is 17.9 Å². The van der Waals surface area contributed by atoms with Crippen LogP contribution >= 0.6 is 0 Å². The molecule has 0 spiro atoms. The Kier molecular flexibility index (Phi) is 5.19. The Hall–Kier alpha value is -2.60. The van der Waals surface area contributed by atoms with Crippen LogP contribution in [0.5, 0.6) is 0 Å². The predicted molar refractivity (Wildman–Crippen MR) is 93.9 cm³/mol. The Morgan fingerprint density at radius 3 is 2.48 bits per heavy atom. The highest BCUT2D eigenvalue weighted by Crippen LogP contribution is 2.18. The highest BCUT2D eigenvalue weighted by Gasteiger charge is 2.28. The summed E-state index contributed by atoms with van der Waals surface area (Å²) in [6.45, 7) is 2.95. The van der Waals surface area contributed by atoms with E-state index in [1.807, 2.05) is 30.3 Å². The summed E-state index contributed by atoms with van der Waals surface area (Å²) in [7, 11) is 0. The van der Waals surface area contributed by atoms with Gasteiger partial charge in [0.2, 0.25) is 5.91 Å². The summed E-state index contributed by atoms with van der Waals surface area (Å²) < 4.78 is 5.16. The molecule has 3 N–H and O–H groups in total. The molecule has 0 aliphatic carbocycles. The molecule has 6 heteroatoms.